The highest BCUT2D eigenvalue weighted by Gasteiger charge is 2.76. The molecular weight excluding hydrogens is 414 g/mol. The summed E-state index contributed by atoms with van der Waals surface area (Å²) in [5.74, 6) is -1.03. The number of unbranched alkanes of at least 4 members (excludes halogenated alkanes) is 3. The molecule has 0 aromatic carbocycles. The fraction of sp³-hybridized carbons (Fsp3) is 0.870. The highest BCUT2D eigenvalue weighted by molar-refractivity contribution is 8.02. The van der Waals surface area contributed by atoms with E-state index in [1.807, 2.05) is 6.92 Å². The molecule has 5 atom stereocenters. The minimum Gasteiger partial charge on any atom is -0.396 e. The van der Waals surface area contributed by atoms with Crippen LogP contribution in [0.4, 0.5) is 0 Å². The molecular formula is C23H39N3O4S. The number of amides is 3. The Balaban J connectivity index is 1.88. The lowest BCUT2D eigenvalue weighted by molar-refractivity contribution is -0.140. The maximum Gasteiger partial charge on any atom is 0.244 e. The SMILES string of the molecule is CCCCCNC(=O)C1N(CCCCO)C(=O)[C@@H]2[C@@H](C(=O)NCCC)[C@@]3(C)CCC12S3. The van der Waals surface area contributed by atoms with Crippen molar-refractivity contribution < 1.29 is 19.5 Å². The quantitative estimate of drug-likeness (QED) is 0.393. The third-order valence-corrected chi connectivity index (χ3v) is 9.23. The smallest absolute Gasteiger partial charge is 0.244 e. The second-order valence-corrected chi connectivity index (χ2v) is 11.4. The third kappa shape index (κ3) is 4.34. The molecule has 8 heteroatoms. The van der Waals surface area contributed by atoms with Crippen LogP contribution in [0.2, 0.25) is 0 Å². The number of nitrogens with zero attached hydrogens (tertiary/aromatic N) is 1. The molecule has 2 unspecified atom stereocenters. The van der Waals surface area contributed by atoms with E-state index < -0.39 is 22.6 Å². The van der Waals surface area contributed by atoms with Crippen molar-refractivity contribution >= 4 is 29.5 Å². The molecule has 3 N–H and O–H groups in total. The summed E-state index contributed by atoms with van der Waals surface area (Å²) in [4.78, 5) is 42.0. The number of hydrogen-bond acceptors (Lipinski definition) is 5. The molecule has 7 nitrogen and oxygen atoms in total. The summed E-state index contributed by atoms with van der Waals surface area (Å²) in [5, 5.41) is 15.3. The number of nitrogens with one attached hydrogen (secondary N) is 2. The molecule has 176 valence electrons. The van der Waals surface area contributed by atoms with Crippen molar-refractivity contribution in [1.29, 1.82) is 0 Å². The number of rotatable bonds is 12. The molecule has 3 heterocycles. The van der Waals surface area contributed by atoms with Gasteiger partial charge in [-0.15, -0.1) is 11.8 Å². The lowest BCUT2D eigenvalue weighted by atomic mass is 9.66. The summed E-state index contributed by atoms with van der Waals surface area (Å²) in [6.07, 6.45) is 6.79. The Morgan fingerprint density at radius 2 is 1.81 bits per heavy atom. The van der Waals surface area contributed by atoms with Crippen molar-refractivity contribution in [2.75, 3.05) is 26.2 Å². The summed E-state index contributed by atoms with van der Waals surface area (Å²) < 4.78 is -0.843. The van der Waals surface area contributed by atoms with Crippen molar-refractivity contribution in [3.8, 4) is 0 Å². The fourth-order valence-electron chi connectivity index (χ4n) is 5.80. The highest BCUT2D eigenvalue weighted by atomic mass is 32.2. The van der Waals surface area contributed by atoms with Crippen molar-refractivity contribution in [3.05, 3.63) is 0 Å². The normalized spacial score (nSPS) is 33.6. The van der Waals surface area contributed by atoms with Gasteiger partial charge in [-0.05, 0) is 45.4 Å². The molecule has 31 heavy (non-hydrogen) atoms. The molecule has 0 aromatic heterocycles. The Kier molecular flexibility index (Phi) is 7.95. The topological polar surface area (TPSA) is 98.7 Å². The van der Waals surface area contributed by atoms with Crippen molar-refractivity contribution in [1.82, 2.24) is 15.5 Å². The Hall–Kier alpha value is -1.28. The average molecular weight is 454 g/mol. The van der Waals surface area contributed by atoms with Crippen LogP contribution < -0.4 is 10.6 Å². The van der Waals surface area contributed by atoms with E-state index in [1.54, 1.807) is 16.7 Å². The zero-order valence-corrected chi connectivity index (χ0v) is 20.1. The Labute approximate surface area is 190 Å². The zero-order chi connectivity index (χ0) is 22.6. The van der Waals surface area contributed by atoms with Crippen LogP contribution in [0.1, 0.15) is 72.1 Å². The predicted molar refractivity (Wildman–Crippen MR) is 123 cm³/mol. The number of thioether (sulfide) groups is 1. The molecule has 0 aliphatic carbocycles. The van der Waals surface area contributed by atoms with Gasteiger partial charge in [0.2, 0.25) is 17.7 Å². The molecule has 2 bridgehead atoms. The van der Waals surface area contributed by atoms with E-state index in [4.69, 9.17) is 0 Å². The number of likely N-dealkylation sites (tertiary alicyclic amines) is 1. The molecule has 3 amide bonds. The van der Waals surface area contributed by atoms with Crippen molar-refractivity contribution in [2.45, 2.75) is 87.7 Å². The van der Waals surface area contributed by atoms with Crippen LogP contribution in [0, 0.1) is 11.8 Å². The summed E-state index contributed by atoms with van der Waals surface area (Å²) in [5.41, 5.74) is 0. The number of fused-ring (bicyclic) bond motifs is 1. The highest BCUT2D eigenvalue weighted by Crippen LogP contribution is 2.71. The van der Waals surface area contributed by atoms with Gasteiger partial charge in [-0.25, -0.2) is 0 Å². The van der Waals surface area contributed by atoms with Crippen LogP contribution in [0.15, 0.2) is 0 Å². The van der Waals surface area contributed by atoms with E-state index >= 15 is 0 Å². The van der Waals surface area contributed by atoms with Gasteiger partial charge < -0.3 is 20.6 Å². The van der Waals surface area contributed by atoms with Gasteiger partial charge >= 0.3 is 0 Å². The van der Waals surface area contributed by atoms with Crippen molar-refractivity contribution in [2.24, 2.45) is 11.8 Å². The van der Waals surface area contributed by atoms with E-state index in [0.717, 1.165) is 38.5 Å². The van der Waals surface area contributed by atoms with Gasteiger partial charge in [-0.3, -0.25) is 14.4 Å². The van der Waals surface area contributed by atoms with Crippen LogP contribution in [-0.4, -0.2) is 69.5 Å². The zero-order valence-electron chi connectivity index (χ0n) is 19.2. The molecule has 3 fully saturated rings. The molecule has 0 radical (unpaired) electrons. The number of hydrogen-bond donors (Lipinski definition) is 3. The molecule has 3 saturated heterocycles. The Bertz CT molecular complexity index is 690. The molecule has 3 rings (SSSR count). The largest absolute Gasteiger partial charge is 0.396 e. The monoisotopic (exact) mass is 453 g/mol. The summed E-state index contributed by atoms with van der Waals surface area (Å²) in [6, 6.07) is -0.541. The van der Waals surface area contributed by atoms with Gasteiger partial charge in [0.25, 0.3) is 0 Å². The number of carbonyl (C=O) groups excluding carboxylic acids is 3. The minimum absolute atomic E-state index is 0.0453. The first-order valence-electron chi connectivity index (χ1n) is 12.0. The molecule has 3 aliphatic heterocycles. The first kappa shape index (κ1) is 24.4. The maximum atomic E-state index is 13.7. The van der Waals surface area contributed by atoms with Crippen LogP contribution in [0.5, 0.6) is 0 Å². The summed E-state index contributed by atoms with van der Waals surface area (Å²) in [7, 11) is 0. The maximum absolute atomic E-state index is 13.7. The predicted octanol–water partition coefficient (Wildman–Crippen LogP) is 2.07. The second kappa shape index (κ2) is 10.1. The Morgan fingerprint density at radius 1 is 1.06 bits per heavy atom. The van der Waals surface area contributed by atoms with E-state index in [-0.39, 0.29) is 29.1 Å². The van der Waals surface area contributed by atoms with E-state index in [0.29, 0.717) is 32.5 Å². The van der Waals surface area contributed by atoms with Crippen molar-refractivity contribution in [3.63, 3.8) is 0 Å². The Morgan fingerprint density at radius 3 is 2.48 bits per heavy atom. The summed E-state index contributed by atoms with van der Waals surface area (Å²) in [6.45, 7) is 7.98. The minimum atomic E-state index is -0.541. The molecule has 1 spiro atoms. The van der Waals surface area contributed by atoms with Crippen LogP contribution in [-0.2, 0) is 14.4 Å². The third-order valence-electron chi connectivity index (χ3n) is 7.24. The van der Waals surface area contributed by atoms with E-state index in [2.05, 4.69) is 24.5 Å². The van der Waals surface area contributed by atoms with Gasteiger partial charge in [-0.1, -0.05) is 26.7 Å². The first-order valence-corrected chi connectivity index (χ1v) is 12.8. The molecule has 0 aromatic rings. The lowest BCUT2D eigenvalue weighted by Gasteiger charge is -2.34. The van der Waals surface area contributed by atoms with Crippen LogP contribution >= 0.6 is 11.8 Å². The first-order chi connectivity index (χ1) is 14.9. The number of aliphatic hydroxyl groups excluding tert-OH is 1. The fourth-order valence-corrected chi connectivity index (χ4v) is 8.16. The standard InChI is InChI=1S/C23H39N3O4S/c1-4-6-7-13-25-20(29)18-23-11-10-22(3,31-23)16(19(28)24-12-5-2)17(23)21(30)26(18)14-8-9-15-27/h16-18,27H,4-15H2,1-3H3,(H,24,28)(H,25,29)/t16-,17-,18?,22+,23?/m0/s1. The average Bonchev–Trinajstić information content (AvgIpc) is 3.30. The lowest BCUT2D eigenvalue weighted by Crippen LogP contribution is -2.54. The van der Waals surface area contributed by atoms with Gasteiger partial charge in [0.15, 0.2) is 0 Å². The van der Waals surface area contributed by atoms with Gasteiger partial charge in [0, 0.05) is 31.0 Å². The number of carbonyl (C=O) groups is 3. The van der Waals surface area contributed by atoms with Gasteiger partial charge in [0.1, 0.15) is 6.04 Å². The number of aliphatic hydroxyl groups is 1. The summed E-state index contributed by atoms with van der Waals surface area (Å²) >= 11 is 1.72. The van der Waals surface area contributed by atoms with Crippen LogP contribution in [0.3, 0.4) is 0 Å². The van der Waals surface area contributed by atoms with E-state index in [1.165, 1.54) is 0 Å². The van der Waals surface area contributed by atoms with Gasteiger partial charge in [-0.2, -0.15) is 0 Å². The molecule has 0 saturated carbocycles. The second-order valence-electron chi connectivity index (χ2n) is 9.48. The molecule has 3 aliphatic rings. The van der Waals surface area contributed by atoms with Gasteiger partial charge in [0.05, 0.1) is 16.6 Å². The van der Waals surface area contributed by atoms with E-state index in [9.17, 15) is 19.5 Å². The van der Waals surface area contributed by atoms with Crippen LogP contribution in [0.25, 0.3) is 0 Å².